The summed E-state index contributed by atoms with van der Waals surface area (Å²) in [6, 6.07) is 11.2. The molecule has 0 saturated carbocycles. The fourth-order valence-corrected chi connectivity index (χ4v) is 4.95. The minimum Gasteiger partial charge on any atom is -0.497 e. The highest BCUT2D eigenvalue weighted by Gasteiger charge is 2.45. The van der Waals surface area contributed by atoms with E-state index in [1.165, 1.54) is 4.90 Å². The van der Waals surface area contributed by atoms with Crippen molar-refractivity contribution in [3.8, 4) is 5.75 Å². The van der Waals surface area contributed by atoms with Crippen LogP contribution in [-0.2, 0) is 14.4 Å². The van der Waals surface area contributed by atoms with Crippen molar-refractivity contribution in [2.45, 2.75) is 53.0 Å². The highest BCUT2D eigenvalue weighted by molar-refractivity contribution is 5.97. The van der Waals surface area contributed by atoms with Gasteiger partial charge in [0.1, 0.15) is 5.75 Å². The van der Waals surface area contributed by atoms with E-state index >= 15 is 0 Å². The van der Waals surface area contributed by atoms with Gasteiger partial charge in [-0.15, -0.1) is 0 Å². The van der Waals surface area contributed by atoms with E-state index in [2.05, 4.69) is 12.2 Å². The predicted molar refractivity (Wildman–Crippen MR) is 137 cm³/mol. The molecule has 0 spiro atoms. The smallest absolute Gasteiger partial charge is 0.243 e. The molecule has 188 valence electrons. The number of aryl methyl sites for hydroxylation is 3. The second-order valence-corrected chi connectivity index (χ2v) is 9.49. The lowest BCUT2D eigenvalue weighted by atomic mass is 9.92. The van der Waals surface area contributed by atoms with Crippen LogP contribution in [0.15, 0.2) is 36.4 Å². The lowest BCUT2D eigenvalue weighted by Gasteiger charge is -2.30. The van der Waals surface area contributed by atoms with Gasteiger partial charge in [-0.25, -0.2) is 0 Å². The largest absolute Gasteiger partial charge is 0.497 e. The van der Waals surface area contributed by atoms with E-state index < -0.39 is 5.92 Å². The van der Waals surface area contributed by atoms with E-state index in [9.17, 15) is 14.4 Å². The van der Waals surface area contributed by atoms with Crippen molar-refractivity contribution in [3.63, 3.8) is 0 Å². The van der Waals surface area contributed by atoms with Crippen molar-refractivity contribution >= 4 is 23.4 Å². The summed E-state index contributed by atoms with van der Waals surface area (Å²) in [6.45, 7) is 8.53. The summed E-state index contributed by atoms with van der Waals surface area (Å²) < 4.78 is 5.27. The van der Waals surface area contributed by atoms with Gasteiger partial charge in [-0.1, -0.05) is 43.2 Å². The zero-order chi connectivity index (χ0) is 25.7. The number of likely N-dealkylation sites (tertiary alicyclic amines) is 1. The maximum Gasteiger partial charge on any atom is 0.243 e. The summed E-state index contributed by atoms with van der Waals surface area (Å²) >= 11 is 0. The second-order valence-electron chi connectivity index (χ2n) is 9.49. The number of hydrogen-bond donors (Lipinski definition) is 1. The first-order valence-electron chi connectivity index (χ1n) is 12.2. The van der Waals surface area contributed by atoms with Crippen LogP contribution >= 0.6 is 0 Å². The number of carbonyl (C=O) groups excluding carboxylic acids is 3. The second kappa shape index (κ2) is 11.4. The van der Waals surface area contributed by atoms with E-state index in [4.69, 9.17) is 4.74 Å². The first-order valence-corrected chi connectivity index (χ1v) is 12.2. The fraction of sp³-hybridized carbons (Fsp3) is 0.464. The van der Waals surface area contributed by atoms with Crippen LogP contribution in [0.2, 0.25) is 0 Å². The number of likely N-dealkylation sites (N-methyl/N-ethyl adjacent to an activating group) is 1. The van der Waals surface area contributed by atoms with Gasteiger partial charge in [-0.05, 0) is 56.0 Å². The molecule has 3 rings (SSSR count). The van der Waals surface area contributed by atoms with Crippen molar-refractivity contribution in [1.82, 2.24) is 9.80 Å². The first kappa shape index (κ1) is 26.3. The Labute approximate surface area is 208 Å². The van der Waals surface area contributed by atoms with Gasteiger partial charge in [-0.2, -0.15) is 0 Å². The van der Waals surface area contributed by atoms with Crippen molar-refractivity contribution in [3.05, 3.63) is 58.7 Å². The predicted octanol–water partition coefficient (Wildman–Crippen LogP) is 4.41. The lowest BCUT2D eigenvalue weighted by molar-refractivity contribution is -0.137. The van der Waals surface area contributed by atoms with Crippen molar-refractivity contribution < 1.29 is 19.1 Å². The summed E-state index contributed by atoms with van der Waals surface area (Å²) in [4.78, 5) is 42.6. The Hall–Kier alpha value is -3.35. The Morgan fingerprint density at radius 2 is 1.74 bits per heavy atom. The number of carbonyl (C=O) groups is 3. The summed E-state index contributed by atoms with van der Waals surface area (Å²) in [5.74, 6) is -0.318. The molecular formula is C28H37N3O4. The van der Waals surface area contributed by atoms with Gasteiger partial charge >= 0.3 is 0 Å². The SMILES string of the molecule is CCCCN1C(=O)CC(C(=O)N(C)CC(=O)Nc2c(C)cc(C)cc2C)C1c1ccc(OC)cc1. The van der Waals surface area contributed by atoms with Gasteiger partial charge in [0.2, 0.25) is 17.7 Å². The van der Waals surface area contributed by atoms with Crippen molar-refractivity contribution in [1.29, 1.82) is 0 Å². The van der Waals surface area contributed by atoms with E-state index in [1.54, 1.807) is 14.2 Å². The summed E-state index contributed by atoms with van der Waals surface area (Å²) in [5.41, 5.74) is 4.78. The normalized spacial score (nSPS) is 17.4. The van der Waals surface area contributed by atoms with Crippen LogP contribution in [0.5, 0.6) is 5.75 Å². The molecule has 0 aromatic heterocycles. The van der Waals surface area contributed by atoms with E-state index in [1.807, 2.05) is 62.1 Å². The zero-order valence-electron chi connectivity index (χ0n) is 21.7. The highest BCUT2D eigenvalue weighted by Crippen LogP contribution is 2.39. The van der Waals surface area contributed by atoms with Crippen molar-refractivity contribution in [2.75, 3.05) is 32.6 Å². The number of hydrogen-bond acceptors (Lipinski definition) is 4. The zero-order valence-corrected chi connectivity index (χ0v) is 21.7. The number of amides is 3. The minimum atomic E-state index is -0.548. The van der Waals surface area contributed by atoms with E-state index in [-0.39, 0.29) is 36.7 Å². The molecule has 7 heteroatoms. The monoisotopic (exact) mass is 479 g/mol. The molecule has 2 aromatic carbocycles. The number of nitrogens with zero attached hydrogens (tertiary/aromatic N) is 2. The van der Waals surface area contributed by atoms with E-state index in [0.717, 1.165) is 46.5 Å². The number of methoxy groups -OCH3 is 1. The molecular weight excluding hydrogens is 442 g/mol. The molecule has 2 unspecified atom stereocenters. The molecule has 1 saturated heterocycles. The molecule has 1 heterocycles. The molecule has 1 N–H and O–H groups in total. The molecule has 1 aliphatic heterocycles. The third kappa shape index (κ3) is 6.02. The Morgan fingerprint density at radius 1 is 1.11 bits per heavy atom. The average Bonchev–Trinajstić information content (AvgIpc) is 3.15. The number of rotatable bonds is 9. The maximum absolute atomic E-state index is 13.5. The van der Waals surface area contributed by atoms with Crippen LogP contribution in [0.3, 0.4) is 0 Å². The third-order valence-corrected chi connectivity index (χ3v) is 6.66. The standard InChI is InChI=1S/C28H37N3O4/c1-7-8-13-31-25(33)16-23(27(31)21-9-11-22(35-6)12-10-21)28(34)30(5)17-24(32)29-26-19(3)14-18(2)15-20(26)4/h9-12,14-15,23,27H,7-8,13,16-17H2,1-6H3,(H,29,32). The van der Waals surface area contributed by atoms with Crippen LogP contribution in [0.1, 0.15) is 54.5 Å². The number of benzene rings is 2. The molecule has 0 radical (unpaired) electrons. The third-order valence-electron chi connectivity index (χ3n) is 6.66. The molecule has 1 fully saturated rings. The minimum absolute atomic E-state index is 0.0265. The van der Waals surface area contributed by atoms with Crippen LogP contribution < -0.4 is 10.1 Å². The van der Waals surface area contributed by atoms with Gasteiger partial charge < -0.3 is 19.9 Å². The molecule has 2 aromatic rings. The molecule has 0 bridgehead atoms. The van der Waals surface area contributed by atoms with E-state index in [0.29, 0.717) is 6.54 Å². The van der Waals surface area contributed by atoms with Gasteiger partial charge in [0, 0.05) is 25.7 Å². The molecule has 35 heavy (non-hydrogen) atoms. The molecule has 0 aliphatic carbocycles. The number of ether oxygens (including phenoxy) is 1. The topological polar surface area (TPSA) is 79.0 Å². The lowest BCUT2D eigenvalue weighted by Crippen LogP contribution is -2.40. The summed E-state index contributed by atoms with van der Waals surface area (Å²) in [7, 11) is 3.23. The molecule has 2 atom stereocenters. The Bertz CT molecular complexity index is 1060. The fourth-order valence-electron chi connectivity index (χ4n) is 4.95. The van der Waals surface area contributed by atoms with Crippen molar-refractivity contribution in [2.24, 2.45) is 5.92 Å². The van der Waals surface area contributed by atoms with Gasteiger partial charge in [0.25, 0.3) is 0 Å². The number of anilines is 1. The van der Waals surface area contributed by atoms with Crippen LogP contribution in [0.25, 0.3) is 0 Å². The number of unbranched alkanes of at least 4 members (excludes halogenated alkanes) is 1. The van der Waals surface area contributed by atoms with Crippen LogP contribution in [-0.4, -0.2) is 54.8 Å². The van der Waals surface area contributed by atoms with Crippen LogP contribution in [0.4, 0.5) is 5.69 Å². The van der Waals surface area contributed by atoms with Gasteiger partial charge in [0.05, 0.1) is 25.6 Å². The Kier molecular flexibility index (Phi) is 8.54. The summed E-state index contributed by atoms with van der Waals surface area (Å²) in [6.07, 6.45) is 1.96. The number of nitrogens with one attached hydrogen (secondary N) is 1. The Balaban J connectivity index is 1.78. The molecule has 3 amide bonds. The average molecular weight is 480 g/mol. The molecule has 7 nitrogen and oxygen atoms in total. The maximum atomic E-state index is 13.5. The van der Waals surface area contributed by atoms with Gasteiger partial charge in [-0.3, -0.25) is 14.4 Å². The van der Waals surface area contributed by atoms with Gasteiger partial charge in [0.15, 0.2) is 0 Å². The first-order chi connectivity index (χ1) is 16.7. The Morgan fingerprint density at radius 3 is 2.31 bits per heavy atom. The quantitative estimate of drug-likeness (QED) is 0.578. The van der Waals surface area contributed by atoms with Crippen LogP contribution in [0, 0.1) is 26.7 Å². The summed E-state index contributed by atoms with van der Waals surface area (Å²) in [5, 5.41) is 2.96. The highest BCUT2D eigenvalue weighted by atomic mass is 16.5. The molecule has 1 aliphatic rings.